The second-order valence-corrected chi connectivity index (χ2v) is 4.64. The molecular formula is C11H19F3N2O2. The SMILES string of the molecule is COCC(C)NC(=O)C1CCC(C(F)(F)F)CN1. The molecule has 7 heteroatoms. The van der Waals surface area contributed by atoms with E-state index in [9.17, 15) is 18.0 Å². The standard InChI is InChI=1S/C11H19F3N2O2/c1-7(6-18-2)16-10(17)9-4-3-8(5-15-9)11(12,13)14/h7-9,15H,3-6H2,1-2H3,(H,16,17). The fourth-order valence-corrected chi connectivity index (χ4v) is 1.99. The third-order valence-corrected chi connectivity index (χ3v) is 3.00. The van der Waals surface area contributed by atoms with Gasteiger partial charge in [0.15, 0.2) is 0 Å². The molecule has 1 rings (SSSR count). The van der Waals surface area contributed by atoms with E-state index in [1.165, 1.54) is 7.11 Å². The highest BCUT2D eigenvalue weighted by atomic mass is 19.4. The number of alkyl halides is 3. The van der Waals surface area contributed by atoms with Crippen LogP contribution in [0.2, 0.25) is 0 Å². The average Bonchev–Trinajstić information content (AvgIpc) is 2.28. The number of methoxy groups -OCH3 is 1. The zero-order chi connectivity index (χ0) is 13.8. The number of carbonyl (C=O) groups is 1. The van der Waals surface area contributed by atoms with Gasteiger partial charge in [-0.05, 0) is 19.8 Å². The summed E-state index contributed by atoms with van der Waals surface area (Å²) in [6.07, 6.45) is -3.99. The minimum absolute atomic E-state index is 0.00670. The Hall–Kier alpha value is -0.820. The predicted molar refractivity (Wildman–Crippen MR) is 60.1 cm³/mol. The first-order valence-electron chi connectivity index (χ1n) is 5.94. The van der Waals surface area contributed by atoms with Gasteiger partial charge in [-0.3, -0.25) is 4.79 Å². The quantitative estimate of drug-likeness (QED) is 0.802. The molecule has 1 heterocycles. The molecule has 0 aromatic rings. The Labute approximate surface area is 104 Å². The number of halogens is 3. The average molecular weight is 268 g/mol. The van der Waals surface area contributed by atoms with Gasteiger partial charge in [0.25, 0.3) is 0 Å². The van der Waals surface area contributed by atoms with Crippen molar-refractivity contribution in [2.75, 3.05) is 20.3 Å². The monoisotopic (exact) mass is 268 g/mol. The molecule has 0 aromatic carbocycles. The van der Waals surface area contributed by atoms with Gasteiger partial charge in [0.1, 0.15) is 0 Å². The molecule has 3 unspecified atom stereocenters. The smallest absolute Gasteiger partial charge is 0.383 e. The fraction of sp³-hybridized carbons (Fsp3) is 0.909. The van der Waals surface area contributed by atoms with Crippen LogP contribution in [0.4, 0.5) is 13.2 Å². The summed E-state index contributed by atoms with van der Waals surface area (Å²) in [6.45, 7) is 1.96. The van der Waals surface area contributed by atoms with Gasteiger partial charge >= 0.3 is 6.18 Å². The van der Waals surface area contributed by atoms with Gasteiger partial charge in [0.2, 0.25) is 5.91 Å². The van der Waals surface area contributed by atoms with Crippen LogP contribution in [0, 0.1) is 5.92 Å². The van der Waals surface area contributed by atoms with Crippen molar-refractivity contribution in [1.82, 2.24) is 10.6 Å². The zero-order valence-electron chi connectivity index (χ0n) is 10.5. The number of rotatable bonds is 4. The van der Waals surface area contributed by atoms with Crippen molar-refractivity contribution in [3.8, 4) is 0 Å². The Kier molecular flexibility index (Phi) is 5.40. The number of piperidine rings is 1. The van der Waals surface area contributed by atoms with Crippen molar-refractivity contribution < 1.29 is 22.7 Å². The maximum absolute atomic E-state index is 12.4. The molecule has 106 valence electrons. The Morgan fingerprint density at radius 1 is 1.50 bits per heavy atom. The Bertz CT molecular complexity index is 276. The van der Waals surface area contributed by atoms with E-state index in [0.717, 1.165) is 0 Å². The maximum Gasteiger partial charge on any atom is 0.393 e. The highest BCUT2D eigenvalue weighted by Gasteiger charge is 2.42. The van der Waals surface area contributed by atoms with E-state index in [1.807, 2.05) is 0 Å². The molecular weight excluding hydrogens is 249 g/mol. The highest BCUT2D eigenvalue weighted by molar-refractivity contribution is 5.82. The van der Waals surface area contributed by atoms with Crippen molar-refractivity contribution >= 4 is 5.91 Å². The molecule has 18 heavy (non-hydrogen) atoms. The van der Waals surface area contributed by atoms with Gasteiger partial charge in [-0.15, -0.1) is 0 Å². The van der Waals surface area contributed by atoms with Crippen LogP contribution in [0.5, 0.6) is 0 Å². The molecule has 4 nitrogen and oxygen atoms in total. The molecule has 2 N–H and O–H groups in total. The summed E-state index contributed by atoms with van der Waals surface area (Å²) in [4.78, 5) is 11.7. The van der Waals surface area contributed by atoms with E-state index >= 15 is 0 Å². The molecule has 0 radical (unpaired) electrons. The number of nitrogens with one attached hydrogen (secondary N) is 2. The zero-order valence-corrected chi connectivity index (χ0v) is 10.5. The van der Waals surface area contributed by atoms with Crippen LogP contribution < -0.4 is 10.6 Å². The first-order valence-corrected chi connectivity index (χ1v) is 5.94. The molecule has 0 aromatic heterocycles. The Balaban J connectivity index is 2.36. The number of carbonyl (C=O) groups excluding carboxylic acids is 1. The summed E-state index contributed by atoms with van der Waals surface area (Å²) in [7, 11) is 1.52. The number of amides is 1. The molecule has 0 aliphatic carbocycles. The lowest BCUT2D eigenvalue weighted by Crippen LogP contribution is -2.53. The lowest BCUT2D eigenvalue weighted by molar-refractivity contribution is -0.180. The van der Waals surface area contributed by atoms with Crippen LogP contribution >= 0.6 is 0 Å². The van der Waals surface area contributed by atoms with Gasteiger partial charge in [-0.25, -0.2) is 0 Å². The molecule has 1 aliphatic heterocycles. The van der Waals surface area contributed by atoms with Gasteiger partial charge in [0.05, 0.1) is 18.6 Å². The van der Waals surface area contributed by atoms with Crippen molar-refractivity contribution in [2.45, 2.75) is 38.0 Å². The highest BCUT2D eigenvalue weighted by Crippen LogP contribution is 2.31. The largest absolute Gasteiger partial charge is 0.393 e. The van der Waals surface area contributed by atoms with Crippen LogP contribution in [-0.2, 0) is 9.53 Å². The summed E-state index contributed by atoms with van der Waals surface area (Å²) in [5.74, 6) is -1.61. The normalized spacial score (nSPS) is 26.7. The fourth-order valence-electron chi connectivity index (χ4n) is 1.99. The van der Waals surface area contributed by atoms with Crippen molar-refractivity contribution in [3.05, 3.63) is 0 Å². The minimum Gasteiger partial charge on any atom is -0.383 e. The Morgan fingerprint density at radius 2 is 2.17 bits per heavy atom. The summed E-state index contributed by atoms with van der Waals surface area (Å²) in [5, 5.41) is 5.35. The van der Waals surface area contributed by atoms with Crippen LogP contribution in [-0.4, -0.2) is 44.4 Å². The summed E-state index contributed by atoms with van der Waals surface area (Å²) in [5.41, 5.74) is 0. The molecule has 3 atom stereocenters. The number of hydrogen-bond donors (Lipinski definition) is 2. The van der Waals surface area contributed by atoms with Crippen LogP contribution in [0.3, 0.4) is 0 Å². The summed E-state index contributed by atoms with van der Waals surface area (Å²) in [6, 6.07) is -0.687. The lowest BCUT2D eigenvalue weighted by Gasteiger charge is -2.30. The first kappa shape index (κ1) is 15.2. The number of ether oxygens (including phenoxy) is 1. The second kappa shape index (κ2) is 6.38. The first-order chi connectivity index (χ1) is 8.34. The van der Waals surface area contributed by atoms with Crippen molar-refractivity contribution in [2.24, 2.45) is 5.92 Å². The minimum atomic E-state index is -4.18. The number of hydrogen-bond acceptors (Lipinski definition) is 3. The van der Waals surface area contributed by atoms with Crippen LogP contribution in [0.25, 0.3) is 0 Å². The third kappa shape index (κ3) is 4.45. The Morgan fingerprint density at radius 3 is 2.61 bits per heavy atom. The van der Waals surface area contributed by atoms with E-state index in [2.05, 4.69) is 10.6 Å². The second-order valence-electron chi connectivity index (χ2n) is 4.64. The maximum atomic E-state index is 12.4. The molecule has 0 bridgehead atoms. The van der Waals surface area contributed by atoms with Gasteiger partial charge in [-0.2, -0.15) is 13.2 Å². The van der Waals surface area contributed by atoms with E-state index in [1.54, 1.807) is 6.92 Å². The summed E-state index contributed by atoms with van der Waals surface area (Å²) >= 11 is 0. The van der Waals surface area contributed by atoms with Gasteiger partial charge in [0, 0.05) is 19.7 Å². The van der Waals surface area contributed by atoms with Crippen molar-refractivity contribution in [3.63, 3.8) is 0 Å². The summed E-state index contributed by atoms with van der Waals surface area (Å²) < 4.78 is 42.1. The molecule has 1 saturated heterocycles. The van der Waals surface area contributed by atoms with E-state index in [0.29, 0.717) is 6.61 Å². The van der Waals surface area contributed by atoms with Crippen LogP contribution in [0.1, 0.15) is 19.8 Å². The van der Waals surface area contributed by atoms with E-state index < -0.39 is 18.1 Å². The molecule has 0 spiro atoms. The molecule has 1 aliphatic rings. The topological polar surface area (TPSA) is 50.4 Å². The molecule has 1 amide bonds. The van der Waals surface area contributed by atoms with Crippen LogP contribution in [0.15, 0.2) is 0 Å². The third-order valence-electron chi connectivity index (χ3n) is 3.00. The van der Waals surface area contributed by atoms with E-state index in [4.69, 9.17) is 4.74 Å². The van der Waals surface area contributed by atoms with Crippen molar-refractivity contribution in [1.29, 1.82) is 0 Å². The molecule has 1 fully saturated rings. The lowest BCUT2D eigenvalue weighted by atomic mass is 9.94. The predicted octanol–water partition coefficient (Wildman–Crippen LogP) is 1.07. The molecule has 0 saturated carbocycles. The van der Waals surface area contributed by atoms with Gasteiger partial charge in [-0.1, -0.05) is 0 Å². The van der Waals surface area contributed by atoms with Gasteiger partial charge < -0.3 is 15.4 Å². The van der Waals surface area contributed by atoms with E-state index in [-0.39, 0.29) is 31.3 Å².